The van der Waals surface area contributed by atoms with Crippen LogP contribution in [0.5, 0.6) is 0 Å². The number of aliphatic carboxylic acids is 1. The summed E-state index contributed by atoms with van der Waals surface area (Å²) < 4.78 is 0. The van der Waals surface area contributed by atoms with Gasteiger partial charge in [0.1, 0.15) is 0 Å². The third kappa shape index (κ3) is 5.12. The largest absolute Gasteiger partial charge is 0.480 e. The lowest BCUT2D eigenvalue weighted by molar-refractivity contribution is -0.225. The first-order valence-electron chi connectivity index (χ1n) is 18.4. The maximum Gasteiger partial charge on any atom is 0.335 e. The molecule has 0 heterocycles. The van der Waals surface area contributed by atoms with Gasteiger partial charge in [-0.25, -0.2) is 4.79 Å². The molecule has 0 saturated heterocycles. The lowest BCUT2D eigenvalue weighted by atomic mass is 9.32. The van der Waals surface area contributed by atoms with Crippen LogP contribution in [0.2, 0.25) is 0 Å². The van der Waals surface area contributed by atoms with Gasteiger partial charge < -0.3 is 20.8 Å². The number of carbonyl (C=O) groups is 3. The smallest absolute Gasteiger partial charge is 0.335 e. The van der Waals surface area contributed by atoms with Crippen molar-refractivity contribution in [2.24, 2.45) is 56.7 Å². The van der Waals surface area contributed by atoms with E-state index in [0.717, 1.165) is 44.1 Å². The molecule has 5 aliphatic carbocycles. The summed E-state index contributed by atoms with van der Waals surface area (Å²) in [6, 6.07) is 7.47. The first-order chi connectivity index (χ1) is 22.5. The maximum absolute atomic E-state index is 14.2. The Bertz CT molecular complexity index is 1510. The first-order valence-corrected chi connectivity index (χ1v) is 18.4. The van der Waals surface area contributed by atoms with Gasteiger partial charge in [0.25, 0.3) is 0 Å². The van der Waals surface area contributed by atoms with E-state index < -0.39 is 11.9 Å². The fraction of sp³-hybridized carbons (Fsp3) is 0.683. The van der Waals surface area contributed by atoms with Gasteiger partial charge in [-0.1, -0.05) is 65.0 Å². The van der Waals surface area contributed by atoms with Gasteiger partial charge in [-0.15, -0.1) is 0 Å². The summed E-state index contributed by atoms with van der Waals surface area (Å²) in [4.78, 5) is 36.7. The molecule has 5 aliphatic rings. The van der Waals surface area contributed by atoms with Gasteiger partial charge in [0.15, 0.2) is 0 Å². The van der Waals surface area contributed by atoms with Crippen molar-refractivity contribution in [2.45, 2.75) is 99.3 Å². The molecule has 1 aromatic carbocycles. The standard InChI is InChI=1S/C41H58N2O5/c1-25(2)28-14-19-41(36(48)43-23-22-42-24-33(44)45)21-20-39(6)30(34(28)41)12-13-32-38(5)17-15-29(26-8-10-27(11-9-26)35(46)47)37(3,4)31(38)16-18-40(32,39)7/h8-11,15,28,30-32,34,42H,1,12-14,16-24H2,2-7H3,(H,43,48)(H,44,45)(H,46,47)/t28-,30?,31?,32?,34?,38-,39+,40+,41-/m0/s1. The van der Waals surface area contributed by atoms with Crippen LogP contribution in [0, 0.1) is 56.7 Å². The molecule has 0 aromatic heterocycles. The van der Waals surface area contributed by atoms with Crippen LogP contribution in [0.25, 0.3) is 5.57 Å². The number of carboxylic acids is 2. The van der Waals surface area contributed by atoms with E-state index in [9.17, 15) is 19.5 Å². The zero-order valence-electron chi connectivity index (χ0n) is 30.1. The minimum atomic E-state index is -0.890. The van der Waals surface area contributed by atoms with E-state index in [1.807, 2.05) is 12.1 Å². The lowest BCUT2D eigenvalue weighted by Crippen LogP contribution is -2.66. The van der Waals surface area contributed by atoms with E-state index in [1.54, 1.807) is 12.1 Å². The zero-order chi connectivity index (χ0) is 34.9. The van der Waals surface area contributed by atoms with E-state index in [0.29, 0.717) is 42.3 Å². The molecule has 0 spiro atoms. The second kappa shape index (κ2) is 12.1. The number of fused-ring (bicyclic) bond motifs is 7. The minimum Gasteiger partial charge on any atom is -0.480 e. The van der Waals surface area contributed by atoms with Crippen molar-refractivity contribution in [3.05, 3.63) is 53.6 Å². The van der Waals surface area contributed by atoms with Crippen LogP contribution in [-0.4, -0.2) is 47.7 Å². The highest BCUT2D eigenvalue weighted by atomic mass is 16.4. The monoisotopic (exact) mass is 658 g/mol. The molecule has 0 radical (unpaired) electrons. The number of hydrogen-bond acceptors (Lipinski definition) is 4. The van der Waals surface area contributed by atoms with Crippen LogP contribution in [0.4, 0.5) is 0 Å². The zero-order valence-corrected chi connectivity index (χ0v) is 30.1. The first kappa shape index (κ1) is 34.9. The summed E-state index contributed by atoms with van der Waals surface area (Å²) in [5.74, 6) is 0.600. The number of amides is 1. The van der Waals surface area contributed by atoms with E-state index in [1.165, 1.54) is 30.4 Å². The molecule has 7 heteroatoms. The van der Waals surface area contributed by atoms with Gasteiger partial charge in [-0.3, -0.25) is 9.59 Å². The maximum atomic E-state index is 14.2. The molecule has 262 valence electrons. The number of rotatable bonds is 9. The van der Waals surface area contributed by atoms with E-state index >= 15 is 0 Å². The molecule has 48 heavy (non-hydrogen) atoms. The molecule has 4 saturated carbocycles. The summed E-state index contributed by atoms with van der Waals surface area (Å²) >= 11 is 0. The Labute approximate surface area is 287 Å². The molecular formula is C41H58N2O5. The summed E-state index contributed by atoms with van der Waals surface area (Å²) in [5, 5.41) is 24.6. The van der Waals surface area contributed by atoms with Gasteiger partial charge in [0, 0.05) is 13.1 Å². The molecule has 4 fully saturated rings. The summed E-state index contributed by atoms with van der Waals surface area (Å²) in [6.45, 7) is 20.1. The number of hydrogen-bond donors (Lipinski definition) is 4. The SMILES string of the molecule is C=C(C)[C@@H]1CC[C@]2(C(=O)NCCNCC(=O)O)CC[C@]3(C)C(CCC4[C@@]5(C)CC=C(c6ccc(C(=O)O)cc6)C(C)(C)C5CC[C@]43C)C12. The highest BCUT2D eigenvalue weighted by molar-refractivity contribution is 5.88. The predicted octanol–water partition coefficient (Wildman–Crippen LogP) is 7.83. The lowest BCUT2D eigenvalue weighted by Gasteiger charge is -2.72. The molecule has 0 aliphatic heterocycles. The Kier molecular flexibility index (Phi) is 8.83. The normalized spacial score (nSPS) is 39.5. The number of aromatic carboxylic acids is 1. The fourth-order valence-corrected chi connectivity index (χ4v) is 13.1. The van der Waals surface area contributed by atoms with Crippen LogP contribution < -0.4 is 10.6 Å². The highest BCUT2D eigenvalue weighted by Gasteiger charge is 2.71. The van der Waals surface area contributed by atoms with Crippen LogP contribution in [0.3, 0.4) is 0 Å². The molecule has 4 unspecified atom stereocenters. The third-order valence-corrected chi connectivity index (χ3v) is 15.4. The van der Waals surface area contributed by atoms with Crippen LogP contribution in [0.1, 0.15) is 115 Å². The molecule has 4 N–H and O–H groups in total. The minimum absolute atomic E-state index is 0.0353. The molecule has 0 bridgehead atoms. The van der Waals surface area contributed by atoms with Gasteiger partial charge in [-0.2, -0.15) is 0 Å². The predicted molar refractivity (Wildman–Crippen MR) is 189 cm³/mol. The third-order valence-electron chi connectivity index (χ3n) is 15.4. The van der Waals surface area contributed by atoms with Crippen molar-refractivity contribution in [3.8, 4) is 0 Å². The Hall–Kier alpha value is -2.93. The van der Waals surface area contributed by atoms with Crippen molar-refractivity contribution < 1.29 is 24.6 Å². The molecule has 7 nitrogen and oxygen atoms in total. The van der Waals surface area contributed by atoms with E-state index in [2.05, 4.69) is 64.8 Å². The number of allylic oxidation sites excluding steroid dienone is 3. The molecule has 1 amide bonds. The number of benzene rings is 1. The quantitative estimate of drug-likeness (QED) is 0.159. The average molecular weight is 659 g/mol. The Morgan fingerprint density at radius 1 is 0.854 bits per heavy atom. The second-order valence-electron chi connectivity index (χ2n) is 17.6. The van der Waals surface area contributed by atoms with Crippen molar-refractivity contribution in [1.82, 2.24) is 10.6 Å². The highest BCUT2D eigenvalue weighted by Crippen LogP contribution is 2.77. The summed E-state index contributed by atoms with van der Waals surface area (Å²) in [7, 11) is 0. The van der Waals surface area contributed by atoms with Crippen molar-refractivity contribution >= 4 is 23.4 Å². The Morgan fingerprint density at radius 3 is 2.21 bits per heavy atom. The summed E-state index contributed by atoms with van der Waals surface area (Å²) in [5.41, 5.74) is 4.07. The number of nitrogens with one attached hydrogen (secondary N) is 2. The van der Waals surface area contributed by atoms with E-state index in [4.69, 9.17) is 5.11 Å². The van der Waals surface area contributed by atoms with Crippen LogP contribution in [-0.2, 0) is 9.59 Å². The van der Waals surface area contributed by atoms with E-state index in [-0.39, 0.29) is 45.4 Å². The molecule has 6 rings (SSSR count). The number of carbonyl (C=O) groups excluding carboxylic acids is 1. The van der Waals surface area contributed by atoms with Crippen LogP contribution >= 0.6 is 0 Å². The molecule has 9 atom stereocenters. The summed E-state index contributed by atoms with van der Waals surface area (Å²) in [6.07, 6.45) is 12.1. The van der Waals surface area contributed by atoms with Gasteiger partial charge in [0.05, 0.1) is 17.5 Å². The molecular weight excluding hydrogens is 600 g/mol. The molecule has 1 aromatic rings. The van der Waals surface area contributed by atoms with Crippen molar-refractivity contribution in [2.75, 3.05) is 19.6 Å². The Morgan fingerprint density at radius 2 is 1.56 bits per heavy atom. The van der Waals surface area contributed by atoms with Crippen molar-refractivity contribution in [3.63, 3.8) is 0 Å². The van der Waals surface area contributed by atoms with Gasteiger partial charge >= 0.3 is 11.9 Å². The van der Waals surface area contributed by atoms with Crippen molar-refractivity contribution in [1.29, 1.82) is 0 Å². The Balaban J connectivity index is 1.29. The van der Waals surface area contributed by atoms with Gasteiger partial charge in [-0.05, 0) is 139 Å². The van der Waals surface area contributed by atoms with Crippen LogP contribution in [0.15, 0.2) is 42.5 Å². The number of carboxylic acid groups (broad SMARTS) is 2. The topological polar surface area (TPSA) is 116 Å². The fourth-order valence-electron chi connectivity index (χ4n) is 13.1. The average Bonchev–Trinajstić information content (AvgIpc) is 3.42. The van der Waals surface area contributed by atoms with Gasteiger partial charge in [0.2, 0.25) is 5.91 Å². The second-order valence-corrected chi connectivity index (χ2v) is 17.6.